The third-order valence-corrected chi connectivity index (χ3v) is 2.71. The van der Waals surface area contributed by atoms with Gasteiger partial charge in [0, 0.05) is 6.54 Å². The number of hydrogen-bond acceptors (Lipinski definition) is 3. The van der Waals surface area contributed by atoms with E-state index in [0.29, 0.717) is 24.1 Å². The topological polar surface area (TPSA) is 79.5 Å². The highest BCUT2D eigenvalue weighted by atomic mass is 16.4. The number of amides is 1. The molecule has 1 amide bonds. The second-order valence-corrected chi connectivity index (χ2v) is 3.98. The first-order chi connectivity index (χ1) is 9.18. The number of carbonyl (C=O) groups excluding carboxylic acids is 1. The van der Waals surface area contributed by atoms with Crippen LogP contribution in [0.4, 0.5) is 0 Å². The van der Waals surface area contributed by atoms with Gasteiger partial charge in [0.2, 0.25) is 0 Å². The molecule has 0 radical (unpaired) electrons. The summed E-state index contributed by atoms with van der Waals surface area (Å²) in [5.74, 6) is -1.20. The number of rotatable bonds is 5. The summed E-state index contributed by atoms with van der Waals surface area (Å²) in [5.41, 5.74) is 1.41. The number of furan rings is 1. The zero-order chi connectivity index (χ0) is 13.7. The molecule has 2 aromatic rings. The van der Waals surface area contributed by atoms with Gasteiger partial charge in [0.05, 0.1) is 17.4 Å². The molecule has 5 heteroatoms. The molecule has 0 aliphatic carbocycles. The fourth-order valence-corrected chi connectivity index (χ4v) is 1.75. The summed E-state index contributed by atoms with van der Waals surface area (Å²) in [5, 5.41) is 11.7. The van der Waals surface area contributed by atoms with Crippen LogP contribution in [0.1, 0.15) is 26.3 Å². The van der Waals surface area contributed by atoms with Crippen LogP contribution in [0.2, 0.25) is 0 Å². The molecule has 0 saturated carbocycles. The molecule has 0 fully saturated rings. The zero-order valence-corrected chi connectivity index (χ0v) is 10.1. The number of carbonyl (C=O) groups is 2. The maximum absolute atomic E-state index is 11.6. The molecule has 0 aliphatic rings. The van der Waals surface area contributed by atoms with Crippen molar-refractivity contribution in [1.82, 2.24) is 5.32 Å². The fraction of sp³-hybridized carbons (Fsp3) is 0.143. The smallest absolute Gasteiger partial charge is 0.335 e. The summed E-state index contributed by atoms with van der Waals surface area (Å²) >= 11 is 0. The molecular formula is C14H13NO4. The molecule has 98 valence electrons. The first-order valence-corrected chi connectivity index (χ1v) is 5.80. The van der Waals surface area contributed by atoms with Gasteiger partial charge in [0.1, 0.15) is 6.26 Å². The molecule has 0 atom stereocenters. The molecule has 19 heavy (non-hydrogen) atoms. The zero-order valence-electron chi connectivity index (χ0n) is 10.1. The predicted octanol–water partition coefficient (Wildman–Crippen LogP) is 1.95. The van der Waals surface area contributed by atoms with Crippen LogP contribution in [-0.4, -0.2) is 23.5 Å². The summed E-state index contributed by atoms with van der Waals surface area (Å²) in [6.45, 7) is 0.369. The normalized spacial score (nSPS) is 10.1. The fourth-order valence-electron chi connectivity index (χ4n) is 1.75. The molecule has 0 aliphatic heterocycles. The maximum atomic E-state index is 11.6. The summed E-state index contributed by atoms with van der Waals surface area (Å²) in [6.07, 6.45) is 3.25. The summed E-state index contributed by atoms with van der Waals surface area (Å²) in [7, 11) is 0. The van der Waals surface area contributed by atoms with Crippen molar-refractivity contribution in [3.05, 3.63) is 59.5 Å². The average molecular weight is 259 g/mol. The van der Waals surface area contributed by atoms with Crippen LogP contribution in [0.25, 0.3) is 0 Å². The van der Waals surface area contributed by atoms with Crippen LogP contribution >= 0.6 is 0 Å². The van der Waals surface area contributed by atoms with E-state index in [1.807, 2.05) is 0 Å². The number of carboxylic acids is 1. The van der Waals surface area contributed by atoms with Crippen molar-refractivity contribution in [2.24, 2.45) is 0 Å². The van der Waals surface area contributed by atoms with Crippen LogP contribution in [0.3, 0.4) is 0 Å². The van der Waals surface area contributed by atoms with Gasteiger partial charge in [-0.1, -0.05) is 18.2 Å². The monoisotopic (exact) mass is 259 g/mol. The average Bonchev–Trinajstić information content (AvgIpc) is 2.93. The molecule has 0 saturated heterocycles. The second kappa shape index (κ2) is 5.86. The van der Waals surface area contributed by atoms with Crippen LogP contribution in [0, 0.1) is 0 Å². The van der Waals surface area contributed by atoms with Crippen molar-refractivity contribution in [2.75, 3.05) is 6.54 Å². The minimum absolute atomic E-state index is 0.235. The molecule has 0 unspecified atom stereocenters. The standard InChI is InChI=1S/C14H13NO4/c16-13(11-6-8-19-9-11)15-7-5-10-3-1-2-4-12(10)14(17)18/h1-4,6,8-9H,5,7H2,(H,15,16)(H,17,18). The highest BCUT2D eigenvalue weighted by Crippen LogP contribution is 2.09. The number of carboxylic acid groups (broad SMARTS) is 1. The number of aromatic carboxylic acids is 1. The van der Waals surface area contributed by atoms with Crippen molar-refractivity contribution in [1.29, 1.82) is 0 Å². The lowest BCUT2D eigenvalue weighted by Gasteiger charge is -2.06. The van der Waals surface area contributed by atoms with E-state index in [1.54, 1.807) is 30.3 Å². The lowest BCUT2D eigenvalue weighted by molar-refractivity contribution is 0.0695. The van der Waals surface area contributed by atoms with E-state index in [9.17, 15) is 9.59 Å². The third-order valence-electron chi connectivity index (χ3n) is 2.71. The van der Waals surface area contributed by atoms with Crippen LogP contribution < -0.4 is 5.32 Å². The van der Waals surface area contributed by atoms with E-state index < -0.39 is 5.97 Å². The van der Waals surface area contributed by atoms with Crippen LogP contribution in [-0.2, 0) is 6.42 Å². The third kappa shape index (κ3) is 3.22. The molecule has 0 bridgehead atoms. The number of benzene rings is 1. The summed E-state index contributed by atoms with van der Waals surface area (Å²) in [4.78, 5) is 22.6. The molecule has 1 aromatic carbocycles. The van der Waals surface area contributed by atoms with E-state index in [-0.39, 0.29) is 11.5 Å². The van der Waals surface area contributed by atoms with Crippen molar-refractivity contribution in [3.8, 4) is 0 Å². The predicted molar refractivity (Wildman–Crippen MR) is 68.1 cm³/mol. The second-order valence-electron chi connectivity index (χ2n) is 3.98. The van der Waals surface area contributed by atoms with Crippen molar-refractivity contribution < 1.29 is 19.1 Å². The van der Waals surface area contributed by atoms with Crippen molar-refractivity contribution in [3.63, 3.8) is 0 Å². The van der Waals surface area contributed by atoms with Gasteiger partial charge in [0.15, 0.2) is 0 Å². The SMILES string of the molecule is O=C(NCCc1ccccc1C(=O)O)c1ccoc1. The van der Waals surface area contributed by atoms with E-state index >= 15 is 0 Å². The van der Waals surface area contributed by atoms with Gasteiger partial charge in [-0.25, -0.2) is 4.79 Å². The Morgan fingerprint density at radius 2 is 2.00 bits per heavy atom. The lowest BCUT2D eigenvalue weighted by atomic mass is 10.0. The van der Waals surface area contributed by atoms with E-state index in [1.165, 1.54) is 12.5 Å². The minimum Gasteiger partial charge on any atom is -0.478 e. The van der Waals surface area contributed by atoms with Gasteiger partial charge in [-0.15, -0.1) is 0 Å². The lowest BCUT2D eigenvalue weighted by Crippen LogP contribution is -2.25. The maximum Gasteiger partial charge on any atom is 0.335 e. The van der Waals surface area contributed by atoms with E-state index in [4.69, 9.17) is 9.52 Å². The molecule has 5 nitrogen and oxygen atoms in total. The molecule has 2 N–H and O–H groups in total. The van der Waals surface area contributed by atoms with Gasteiger partial charge in [-0.05, 0) is 24.1 Å². The molecule has 0 spiro atoms. The Bertz CT molecular complexity index is 575. The van der Waals surface area contributed by atoms with Gasteiger partial charge in [-0.2, -0.15) is 0 Å². The van der Waals surface area contributed by atoms with Gasteiger partial charge < -0.3 is 14.8 Å². The molecule has 1 heterocycles. The number of hydrogen-bond donors (Lipinski definition) is 2. The van der Waals surface area contributed by atoms with Gasteiger partial charge in [0.25, 0.3) is 5.91 Å². The van der Waals surface area contributed by atoms with Crippen molar-refractivity contribution in [2.45, 2.75) is 6.42 Å². The molecule has 2 rings (SSSR count). The van der Waals surface area contributed by atoms with Crippen LogP contribution in [0.5, 0.6) is 0 Å². The van der Waals surface area contributed by atoms with Gasteiger partial charge in [-0.3, -0.25) is 4.79 Å². The highest BCUT2D eigenvalue weighted by Gasteiger charge is 2.10. The number of nitrogens with one attached hydrogen (secondary N) is 1. The van der Waals surface area contributed by atoms with E-state index in [0.717, 1.165) is 0 Å². The largest absolute Gasteiger partial charge is 0.478 e. The minimum atomic E-state index is -0.961. The molecular weight excluding hydrogens is 246 g/mol. The Morgan fingerprint density at radius 3 is 2.68 bits per heavy atom. The first-order valence-electron chi connectivity index (χ1n) is 5.80. The Kier molecular flexibility index (Phi) is 3.97. The molecule has 1 aromatic heterocycles. The quantitative estimate of drug-likeness (QED) is 0.860. The highest BCUT2D eigenvalue weighted by molar-refractivity contribution is 5.93. The Morgan fingerprint density at radius 1 is 1.21 bits per heavy atom. The van der Waals surface area contributed by atoms with E-state index in [2.05, 4.69) is 5.32 Å². The first kappa shape index (κ1) is 12.9. The Labute approximate surface area is 109 Å². The van der Waals surface area contributed by atoms with Crippen LogP contribution in [0.15, 0.2) is 47.3 Å². The Hall–Kier alpha value is -2.56. The summed E-state index contributed by atoms with van der Waals surface area (Å²) < 4.78 is 4.81. The van der Waals surface area contributed by atoms with Gasteiger partial charge >= 0.3 is 5.97 Å². The Balaban J connectivity index is 1.93. The summed E-state index contributed by atoms with van der Waals surface area (Å²) in [6, 6.07) is 8.32. The van der Waals surface area contributed by atoms with Crippen molar-refractivity contribution >= 4 is 11.9 Å².